The van der Waals surface area contributed by atoms with Crippen molar-refractivity contribution in [2.45, 2.75) is 38.8 Å². The van der Waals surface area contributed by atoms with Crippen LogP contribution in [0.3, 0.4) is 0 Å². The van der Waals surface area contributed by atoms with Crippen LogP contribution in [0.1, 0.15) is 44.4 Å². The lowest BCUT2D eigenvalue weighted by molar-refractivity contribution is -0.143. The van der Waals surface area contributed by atoms with Crippen LogP contribution in [0.5, 0.6) is 0 Å². The first-order valence-corrected chi connectivity index (χ1v) is 6.98. The van der Waals surface area contributed by atoms with E-state index in [9.17, 15) is 9.90 Å². The van der Waals surface area contributed by atoms with Crippen molar-refractivity contribution in [3.8, 4) is 0 Å². The van der Waals surface area contributed by atoms with Gasteiger partial charge in [0.25, 0.3) is 0 Å². The Morgan fingerprint density at radius 1 is 1.47 bits per heavy atom. The van der Waals surface area contributed by atoms with E-state index in [1.54, 1.807) is 20.8 Å². The molecule has 106 valence electrons. The minimum absolute atomic E-state index is 0.121. The molecule has 0 spiro atoms. The third kappa shape index (κ3) is 4.93. The highest BCUT2D eigenvalue weighted by atomic mass is 79.9. The van der Waals surface area contributed by atoms with E-state index in [1.807, 2.05) is 18.2 Å². The first kappa shape index (κ1) is 16.1. The van der Waals surface area contributed by atoms with Gasteiger partial charge in [-0.25, -0.2) is 0 Å². The van der Waals surface area contributed by atoms with Gasteiger partial charge in [0.05, 0.1) is 18.6 Å². The smallest absolute Gasteiger partial charge is 0.307 e. The fraction of sp³-hybridized carbons (Fsp3) is 0.500. The van der Waals surface area contributed by atoms with Gasteiger partial charge in [-0.1, -0.05) is 22.0 Å². The zero-order chi connectivity index (χ0) is 14.6. The summed E-state index contributed by atoms with van der Waals surface area (Å²) in [5.74, 6) is -0.320. The van der Waals surface area contributed by atoms with Crippen LogP contribution in [0.25, 0.3) is 0 Å². The van der Waals surface area contributed by atoms with Crippen LogP contribution in [0.15, 0.2) is 22.7 Å². The first-order valence-electron chi connectivity index (χ1n) is 6.18. The molecule has 0 aromatic heterocycles. The third-order valence-corrected chi connectivity index (χ3v) is 3.20. The van der Waals surface area contributed by atoms with E-state index in [1.165, 1.54) is 0 Å². The van der Waals surface area contributed by atoms with Crippen molar-refractivity contribution in [2.75, 3.05) is 6.61 Å². The molecule has 0 unspecified atom stereocenters. The summed E-state index contributed by atoms with van der Waals surface area (Å²) in [7, 11) is 0. The highest BCUT2D eigenvalue weighted by molar-refractivity contribution is 9.10. The largest absolute Gasteiger partial charge is 0.466 e. The maximum absolute atomic E-state index is 11.4. The molecule has 1 aromatic carbocycles. The fourth-order valence-corrected chi connectivity index (χ4v) is 2.21. The minimum atomic E-state index is -0.956. The Morgan fingerprint density at radius 2 is 2.11 bits per heavy atom. The van der Waals surface area contributed by atoms with Gasteiger partial charge in [0, 0.05) is 10.5 Å². The van der Waals surface area contributed by atoms with E-state index in [2.05, 4.69) is 15.9 Å². The quantitative estimate of drug-likeness (QED) is 0.814. The minimum Gasteiger partial charge on any atom is -0.466 e. The molecule has 0 saturated heterocycles. The topological polar surface area (TPSA) is 72.5 Å². The second-order valence-electron chi connectivity index (χ2n) is 4.95. The average molecular weight is 330 g/mol. The Morgan fingerprint density at radius 3 is 2.63 bits per heavy atom. The van der Waals surface area contributed by atoms with Crippen LogP contribution in [-0.4, -0.2) is 17.7 Å². The third-order valence-electron chi connectivity index (χ3n) is 2.75. The lowest BCUT2D eigenvalue weighted by atomic mass is 9.94. The molecule has 0 saturated carbocycles. The number of esters is 1. The molecule has 0 aliphatic heterocycles. The van der Waals surface area contributed by atoms with Gasteiger partial charge in [-0.15, -0.1) is 0 Å². The summed E-state index contributed by atoms with van der Waals surface area (Å²) < 4.78 is 5.70. The number of rotatable bonds is 5. The number of halogens is 1. The van der Waals surface area contributed by atoms with E-state index in [0.29, 0.717) is 6.61 Å². The van der Waals surface area contributed by atoms with E-state index in [-0.39, 0.29) is 12.4 Å². The number of ether oxygens (including phenoxy) is 1. The van der Waals surface area contributed by atoms with Crippen LogP contribution in [-0.2, 0) is 15.1 Å². The lowest BCUT2D eigenvalue weighted by Gasteiger charge is -2.21. The lowest BCUT2D eigenvalue weighted by Crippen LogP contribution is -2.20. The van der Waals surface area contributed by atoms with Crippen molar-refractivity contribution in [1.29, 1.82) is 0 Å². The standard InChI is InChI=1S/C14H20BrNO3/c1-4-19-13(17)8-12(16)9-5-10(14(2,3)18)7-11(15)6-9/h5-7,12,18H,4,8,16H2,1-3H3/t12-/m0/s1. The van der Waals surface area contributed by atoms with Gasteiger partial charge in [0.2, 0.25) is 0 Å². The van der Waals surface area contributed by atoms with Crippen molar-refractivity contribution in [1.82, 2.24) is 0 Å². The second kappa shape index (κ2) is 6.50. The van der Waals surface area contributed by atoms with Gasteiger partial charge in [-0.05, 0) is 44.0 Å². The first-order chi connectivity index (χ1) is 8.74. The molecule has 1 atom stereocenters. The maximum atomic E-state index is 11.4. The highest BCUT2D eigenvalue weighted by Crippen LogP contribution is 2.28. The highest BCUT2D eigenvalue weighted by Gasteiger charge is 2.20. The molecule has 0 bridgehead atoms. The van der Waals surface area contributed by atoms with Crippen LogP contribution in [0.2, 0.25) is 0 Å². The van der Waals surface area contributed by atoms with Gasteiger partial charge in [0.1, 0.15) is 0 Å². The monoisotopic (exact) mass is 329 g/mol. The van der Waals surface area contributed by atoms with Crippen LogP contribution in [0.4, 0.5) is 0 Å². The molecular weight excluding hydrogens is 310 g/mol. The number of aliphatic hydroxyl groups is 1. The van der Waals surface area contributed by atoms with Crippen molar-refractivity contribution in [3.05, 3.63) is 33.8 Å². The number of carbonyl (C=O) groups is 1. The normalized spacial score (nSPS) is 13.2. The van der Waals surface area contributed by atoms with Crippen molar-refractivity contribution >= 4 is 21.9 Å². The molecule has 0 aliphatic carbocycles. The molecule has 0 heterocycles. The molecule has 0 radical (unpaired) electrons. The van der Waals surface area contributed by atoms with Gasteiger partial charge >= 0.3 is 5.97 Å². The molecule has 1 rings (SSSR count). The van der Waals surface area contributed by atoms with Gasteiger partial charge in [-0.2, -0.15) is 0 Å². The van der Waals surface area contributed by atoms with Gasteiger partial charge in [-0.3, -0.25) is 4.79 Å². The molecule has 0 amide bonds. The van der Waals surface area contributed by atoms with Crippen molar-refractivity contribution in [3.63, 3.8) is 0 Å². The molecule has 0 aliphatic rings. The molecular formula is C14H20BrNO3. The van der Waals surface area contributed by atoms with E-state index >= 15 is 0 Å². The average Bonchev–Trinajstić information content (AvgIpc) is 2.27. The summed E-state index contributed by atoms with van der Waals surface area (Å²) >= 11 is 3.39. The Hall–Kier alpha value is -0.910. The second-order valence-corrected chi connectivity index (χ2v) is 5.86. The Balaban J connectivity index is 2.94. The number of nitrogens with two attached hydrogens (primary N) is 1. The maximum Gasteiger partial charge on any atom is 0.307 e. The Labute approximate surface area is 122 Å². The number of hydrogen-bond acceptors (Lipinski definition) is 4. The van der Waals surface area contributed by atoms with Crippen molar-refractivity contribution < 1.29 is 14.6 Å². The van der Waals surface area contributed by atoms with Crippen LogP contribution in [0, 0.1) is 0 Å². The van der Waals surface area contributed by atoms with Crippen LogP contribution < -0.4 is 5.73 Å². The summed E-state index contributed by atoms with van der Waals surface area (Å²) in [6.45, 7) is 5.51. The fourth-order valence-electron chi connectivity index (χ4n) is 1.70. The molecule has 4 nitrogen and oxygen atoms in total. The summed E-state index contributed by atoms with van der Waals surface area (Å²) in [6, 6.07) is 5.05. The molecule has 3 N–H and O–H groups in total. The molecule has 19 heavy (non-hydrogen) atoms. The predicted molar refractivity (Wildman–Crippen MR) is 77.6 cm³/mol. The predicted octanol–water partition coefficient (Wildman–Crippen LogP) is 2.63. The van der Waals surface area contributed by atoms with E-state index in [0.717, 1.165) is 15.6 Å². The number of carbonyl (C=O) groups excluding carboxylic acids is 1. The van der Waals surface area contributed by atoms with Gasteiger partial charge < -0.3 is 15.6 Å². The van der Waals surface area contributed by atoms with Crippen molar-refractivity contribution in [2.24, 2.45) is 5.73 Å². The van der Waals surface area contributed by atoms with E-state index in [4.69, 9.17) is 10.5 Å². The summed E-state index contributed by atoms with van der Waals surface area (Å²) in [5, 5.41) is 10.0. The Bertz CT molecular complexity index is 454. The number of hydrogen-bond donors (Lipinski definition) is 2. The SMILES string of the molecule is CCOC(=O)C[C@H](N)c1cc(Br)cc(C(C)(C)O)c1. The summed E-state index contributed by atoms with van der Waals surface area (Å²) in [4.78, 5) is 11.4. The molecule has 5 heteroatoms. The number of benzene rings is 1. The molecule has 0 fully saturated rings. The van der Waals surface area contributed by atoms with Crippen LogP contribution >= 0.6 is 15.9 Å². The summed E-state index contributed by atoms with van der Waals surface area (Å²) in [5.41, 5.74) is 6.59. The summed E-state index contributed by atoms with van der Waals surface area (Å²) in [6.07, 6.45) is 0.121. The van der Waals surface area contributed by atoms with Gasteiger partial charge in [0.15, 0.2) is 0 Å². The Kier molecular flexibility index (Phi) is 5.52. The zero-order valence-electron chi connectivity index (χ0n) is 11.4. The van der Waals surface area contributed by atoms with E-state index < -0.39 is 11.6 Å². The zero-order valence-corrected chi connectivity index (χ0v) is 13.0. The molecule has 1 aromatic rings.